The lowest BCUT2D eigenvalue weighted by Gasteiger charge is -2.14. The van der Waals surface area contributed by atoms with Gasteiger partial charge in [-0.1, -0.05) is 0 Å². The van der Waals surface area contributed by atoms with Crippen molar-refractivity contribution in [1.82, 2.24) is 20.1 Å². The molecule has 122 valence electrons. The number of pyridine rings is 1. The largest absolute Gasteiger partial charge is 0.349 e. The maximum absolute atomic E-state index is 12.8. The lowest BCUT2D eigenvalue weighted by Crippen LogP contribution is -2.34. The smallest absolute Gasteiger partial charge is 0.252 e. The zero-order valence-electron chi connectivity index (χ0n) is 14.0. The van der Waals surface area contributed by atoms with E-state index in [4.69, 9.17) is 4.98 Å². The third kappa shape index (κ3) is 2.73. The van der Waals surface area contributed by atoms with Crippen LogP contribution >= 0.6 is 0 Å². The molecule has 2 aromatic rings. The molecule has 1 N–H and O–H groups in total. The molecule has 0 spiro atoms. The van der Waals surface area contributed by atoms with Crippen LogP contribution in [0.15, 0.2) is 12.3 Å². The normalized spacial score (nSPS) is 19.3. The van der Waals surface area contributed by atoms with Crippen LogP contribution in [-0.4, -0.2) is 26.7 Å². The second-order valence-electron chi connectivity index (χ2n) is 7.39. The van der Waals surface area contributed by atoms with E-state index in [1.807, 2.05) is 10.7 Å². The van der Waals surface area contributed by atoms with Gasteiger partial charge in [0.15, 0.2) is 5.65 Å². The molecule has 23 heavy (non-hydrogen) atoms. The minimum Gasteiger partial charge on any atom is -0.349 e. The number of carbonyl (C=O) groups excluding carboxylic acids is 1. The fraction of sp³-hybridized carbons (Fsp3) is 0.611. The first-order valence-corrected chi connectivity index (χ1v) is 8.73. The highest BCUT2D eigenvalue weighted by molar-refractivity contribution is 6.05. The third-order valence-corrected chi connectivity index (χ3v) is 5.00. The number of hydrogen-bond donors (Lipinski definition) is 1. The summed E-state index contributed by atoms with van der Waals surface area (Å²) in [6, 6.07) is 2.47. The summed E-state index contributed by atoms with van der Waals surface area (Å²) in [6.45, 7) is 6.28. The van der Waals surface area contributed by atoms with Crippen molar-refractivity contribution in [2.24, 2.45) is 5.92 Å². The first-order valence-electron chi connectivity index (χ1n) is 8.73. The number of nitrogens with zero attached hydrogens (tertiary/aromatic N) is 3. The first kappa shape index (κ1) is 14.7. The SMILES string of the molecule is CC(C)n1ncc2c(C(=O)N[C@H](C)C3CC3)cc(C3CC3)nc21. The molecule has 0 bridgehead atoms. The second-order valence-corrected chi connectivity index (χ2v) is 7.39. The van der Waals surface area contributed by atoms with E-state index in [1.54, 1.807) is 6.20 Å². The Balaban J connectivity index is 1.75. The zero-order chi connectivity index (χ0) is 16.1. The van der Waals surface area contributed by atoms with E-state index in [2.05, 4.69) is 31.2 Å². The molecule has 5 nitrogen and oxygen atoms in total. The van der Waals surface area contributed by atoms with Gasteiger partial charge in [0.05, 0.1) is 17.1 Å². The van der Waals surface area contributed by atoms with Crippen molar-refractivity contribution in [3.05, 3.63) is 23.5 Å². The van der Waals surface area contributed by atoms with Crippen LogP contribution in [0.2, 0.25) is 0 Å². The van der Waals surface area contributed by atoms with E-state index in [0.29, 0.717) is 11.8 Å². The van der Waals surface area contributed by atoms with Crippen LogP contribution in [0.5, 0.6) is 0 Å². The highest BCUT2D eigenvalue weighted by atomic mass is 16.1. The van der Waals surface area contributed by atoms with Crippen LogP contribution < -0.4 is 5.32 Å². The topological polar surface area (TPSA) is 59.8 Å². The third-order valence-electron chi connectivity index (χ3n) is 5.00. The van der Waals surface area contributed by atoms with Crippen LogP contribution in [0.25, 0.3) is 11.0 Å². The number of fused-ring (bicyclic) bond motifs is 1. The molecule has 0 aromatic carbocycles. The minimum absolute atomic E-state index is 0.0157. The summed E-state index contributed by atoms with van der Waals surface area (Å²) in [6.07, 6.45) is 6.59. The van der Waals surface area contributed by atoms with Gasteiger partial charge in [-0.3, -0.25) is 4.79 Å². The molecule has 1 amide bonds. The van der Waals surface area contributed by atoms with E-state index >= 15 is 0 Å². The van der Waals surface area contributed by atoms with Gasteiger partial charge in [0.25, 0.3) is 5.91 Å². The standard InChI is InChI=1S/C18H24N4O/c1-10(2)22-17-15(9-19-22)14(8-16(21-17)13-6-7-13)18(23)20-11(3)12-4-5-12/h8-13H,4-7H2,1-3H3,(H,20,23)/t11-/m1/s1. The van der Waals surface area contributed by atoms with Crippen molar-refractivity contribution in [3.63, 3.8) is 0 Å². The Kier molecular flexibility index (Phi) is 3.39. The summed E-state index contributed by atoms with van der Waals surface area (Å²) in [5.41, 5.74) is 2.62. The number of carbonyl (C=O) groups is 1. The maximum Gasteiger partial charge on any atom is 0.252 e. The lowest BCUT2D eigenvalue weighted by molar-refractivity contribution is 0.0937. The summed E-state index contributed by atoms with van der Waals surface area (Å²) >= 11 is 0. The van der Waals surface area contributed by atoms with Gasteiger partial charge in [-0.05, 0) is 58.4 Å². The monoisotopic (exact) mass is 312 g/mol. The fourth-order valence-electron chi connectivity index (χ4n) is 3.19. The molecule has 0 unspecified atom stereocenters. The highest BCUT2D eigenvalue weighted by Crippen LogP contribution is 2.40. The molecule has 0 radical (unpaired) electrons. The molecule has 5 heteroatoms. The Morgan fingerprint density at radius 1 is 1.26 bits per heavy atom. The van der Waals surface area contributed by atoms with Crippen molar-refractivity contribution >= 4 is 16.9 Å². The molecule has 2 aliphatic rings. The average Bonchev–Trinajstić information content (AvgIpc) is 3.41. The van der Waals surface area contributed by atoms with Crippen molar-refractivity contribution in [2.75, 3.05) is 0 Å². The number of aromatic nitrogens is 3. The van der Waals surface area contributed by atoms with E-state index in [-0.39, 0.29) is 18.0 Å². The van der Waals surface area contributed by atoms with Gasteiger partial charge >= 0.3 is 0 Å². The first-order chi connectivity index (χ1) is 11.0. The quantitative estimate of drug-likeness (QED) is 0.920. The second kappa shape index (κ2) is 5.32. The van der Waals surface area contributed by atoms with E-state index in [0.717, 1.165) is 22.3 Å². The summed E-state index contributed by atoms with van der Waals surface area (Å²) < 4.78 is 1.92. The summed E-state index contributed by atoms with van der Waals surface area (Å²) in [7, 11) is 0. The van der Waals surface area contributed by atoms with Crippen LogP contribution in [-0.2, 0) is 0 Å². The molecule has 1 atom stereocenters. The number of nitrogens with one attached hydrogen (secondary N) is 1. The van der Waals surface area contributed by atoms with Crippen molar-refractivity contribution in [1.29, 1.82) is 0 Å². The zero-order valence-corrected chi connectivity index (χ0v) is 14.0. The van der Waals surface area contributed by atoms with Gasteiger partial charge in [-0.25, -0.2) is 9.67 Å². The number of amides is 1. The Morgan fingerprint density at radius 3 is 2.61 bits per heavy atom. The van der Waals surface area contributed by atoms with Crippen molar-refractivity contribution in [3.8, 4) is 0 Å². The highest BCUT2D eigenvalue weighted by Gasteiger charge is 2.31. The minimum atomic E-state index is 0.0157. The Hall–Kier alpha value is -1.91. The average molecular weight is 312 g/mol. The molecule has 2 aliphatic carbocycles. The number of hydrogen-bond acceptors (Lipinski definition) is 3. The lowest BCUT2D eigenvalue weighted by atomic mass is 10.1. The molecule has 0 saturated heterocycles. The molecular weight excluding hydrogens is 288 g/mol. The van der Waals surface area contributed by atoms with Gasteiger partial charge < -0.3 is 5.32 Å². The van der Waals surface area contributed by atoms with Gasteiger partial charge in [-0.2, -0.15) is 5.10 Å². The Bertz CT molecular complexity index is 756. The van der Waals surface area contributed by atoms with Crippen LogP contribution in [0.4, 0.5) is 0 Å². The predicted molar refractivity (Wildman–Crippen MR) is 89.5 cm³/mol. The van der Waals surface area contributed by atoms with Crippen molar-refractivity contribution in [2.45, 2.75) is 64.5 Å². The van der Waals surface area contributed by atoms with Crippen LogP contribution in [0.3, 0.4) is 0 Å². The molecule has 2 aromatic heterocycles. The van der Waals surface area contributed by atoms with Gasteiger partial charge in [0.1, 0.15) is 0 Å². The summed E-state index contributed by atoms with van der Waals surface area (Å²) in [4.78, 5) is 17.6. The van der Waals surface area contributed by atoms with Crippen molar-refractivity contribution < 1.29 is 4.79 Å². The summed E-state index contributed by atoms with van der Waals surface area (Å²) in [5.74, 6) is 1.18. The van der Waals surface area contributed by atoms with Gasteiger partial charge in [0.2, 0.25) is 0 Å². The fourth-order valence-corrected chi connectivity index (χ4v) is 3.19. The predicted octanol–water partition coefficient (Wildman–Crippen LogP) is 3.42. The van der Waals surface area contributed by atoms with Gasteiger partial charge in [0, 0.05) is 23.7 Å². The Labute approximate surface area is 136 Å². The molecular formula is C18H24N4O. The van der Waals surface area contributed by atoms with E-state index < -0.39 is 0 Å². The van der Waals surface area contributed by atoms with Crippen LogP contribution in [0.1, 0.15) is 74.5 Å². The Morgan fingerprint density at radius 2 is 2.00 bits per heavy atom. The molecule has 2 fully saturated rings. The number of rotatable bonds is 5. The van der Waals surface area contributed by atoms with E-state index in [1.165, 1.54) is 25.7 Å². The van der Waals surface area contributed by atoms with Crippen LogP contribution in [0, 0.1) is 5.92 Å². The van der Waals surface area contributed by atoms with E-state index in [9.17, 15) is 4.79 Å². The summed E-state index contributed by atoms with van der Waals surface area (Å²) in [5, 5.41) is 8.50. The van der Waals surface area contributed by atoms with Gasteiger partial charge in [-0.15, -0.1) is 0 Å². The molecule has 0 aliphatic heterocycles. The molecule has 2 saturated carbocycles. The molecule has 2 heterocycles. The maximum atomic E-state index is 12.8. The molecule has 4 rings (SSSR count).